The summed E-state index contributed by atoms with van der Waals surface area (Å²) < 4.78 is 23.2. The number of rotatable bonds is 18. The molecule has 0 heterocycles. The average Bonchev–Trinajstić information content (AvgIpc) is 2.73. The highest BCUT2D eigenvalue weighted by atomic mass is 16.7. The maximum Gasteiger partial charge on any atom is 0.201 e. The minimum Gasteiger partial charge on any atom is -0.382 e. The van der Waals surface area contributed by atoms with Crippen LogP contribution in [0.15, 0.2) is 43.0 Å². The van der Waals surface area contributed by atoms with Crippen molar-refractivity contribution >= 4 is 0 Å². The van der Waals surface area contributed by atoms with E-state index < -0.39 is 5.79 Å². The van der Waals surface area contributed by atoms with Crippen molar-refractivity contribution in [2.75, 3.05) is 40.6 Å². The second-order valence-electron chi connectivity index (χ2n) is 7.11. The smallest absolute Gasteiger partial charge is 0.201 e. The summed E-state index contributed by atoms with van der Waals surface area (Å²) in [5, 5.41) is 0. The number of hydrogen-bond donors (Lipinski definition) is 0. The van der Waals surface area contributed by atoms with Crippen LogP contribution in [-0.4, -0.2) is 40.6 Å². The first-order valence-corrected chi connectivity index (χ1v) is 10.7. The average molecular weight is 393 g/mol. The number of ether oxygens (including phenoxy) is 4. The largest absolute Gasteiger partial charge is 0.382 e. The lowest BCUT2D eigenvalue weighted by molar-refractivity contribution is -0.276. The first-order valence-electron chi connectivity index (χ1n) is 10.7. The van der Waals surface area contributed by atoms with Crippen LogP contribution in [-0.2, 0) is 24.7 Å². The van der Waals surface area contributed by atoms with Crippen LogP contribution in [0.1, 0.15) is 57.4 Å². The Hall–Kier alpha value is -1.20. The number of methoxy groups -OCH3 is 2. The lowest BCUT2D eigenvalue weighted by atomic mass is 9.86. The summed E-state index contributed by atoms with van der Waals surface area (Å²) in [6.07, 6.45) is 10.5. The highest BCUT2D eigenvalue weighted by molar-refractivity contribution is 5.23. The van der Waals surface area contributed by atoms with Crippen molar-refractivity contribution in [3.05, 3.63) is 48.6 Å². The van der Waals surface area contributed by atoms with E-state index in [0.717, 1.165) is 18.4 Å². The van der Waals surface area contributed by atoms with Crippen LogP contribution in [0, 0.1) is 5.92 Å². The zero-order valence-electron chi connectivity index (χ0n) is 18.2. The maximum absolute atomic E-state index is 6.38. The zero-order valence-corrected chi connectivity index (χ0v) is 18.2. The summed E-state index contributed by atoms with van der Waals surface area (Å²) in [6, 6.07) is 10.2. The molecule has 0 aliphatic carbocycles. The lowest BCUT2D eigenvalue weighted by Crippen LogP contribution is -2.42. The van der Waals surface area contributed by atoms with E-state index in [-0.39, 0.29) is 5.92 Å². The van der Waals surface area contributed by atoms with Gasteiger partial charge in [0.15, 0.2) is 0 Å². The standard InChI is InChI=1S/C24H40O4/c1-5-7-8-9-10-12-15-22(6-2)24(27-20-18-25-3,28-21-19-26-4)23-16-13-11-14-17-23/h6,11,13-14,16-17,22H,2,5,7-10,12,15,18-21H2,1,3-4H3. The van der Waals surface area contributed by atoms with Gasteiger partial charge in [-0.3, -0.25) is 0 Å². The van der Waals surface area contributed by atoms with Gasteiger partial charge in [-0.1, -0.05) is 81.9 Å². The molecule has 1 atom stereocenters. The molecule has 0 spiro atoms. The molecule has 0 aromatic heterocycles. The molecule has 0 fully saturated rings. The molecular formula is C24H40O4. The Morgan fingerprint density at radius 2 is 1.43 bits per heavy atom. The van der Waals surface area contributed by atoms with Gasteiger partial charge in [-0.15, -0.1) is 6.58 Å². The Labute approximate surface area is 172 Å². The SMILES string of the molecule is C=CC(CCCCCCCC)C(OCCOC)(OCCOC)c1ccccc1. The van der Waals surface area contributed by atoms with E-state index in [1.807, 2.05) is 24.3 Å². The molecule has 4 heteroatoms. The molecule has 0 radical (unpaired) electrons. The summed E-state index contributed by atoms with van der Waals surface area (Å²) in [5.74, 6) is -0.821. The van der Waals surface area contributed by atoms with Crippen LogP contribution in [0.5, 0.6) is 0 Å². The summed E-state index contributed by atoms with van der Waals surface area (Å²) in [6.45, 7) is 8.31. The van der Waals surface area contributed by atoms with Gasteiger partial charge in [0.1, 0.15) is 0 Å². The molecule has 1 rings (SSSR count). The first kappa shape index (κ1) is 24.8. The van der Waals surface area contributed by atoms with Crippen molar-refractivity contribution in [1.82, 2.24) is 0 Å². The van der Waals surface area contributed by atoms with E-state index in [9.17, 15) is 0 Å². The van der Waals surface area contributed by atoms with Crippen molar-refractivity contribution in [3.8, 4) is 0 Å². The molecule has 1 unspecified atom stereocenters. The Morgan fingerprint density at radius 1 is 0.857 bits per heavy atom. The fourth-order valence-corrected chi connectivity index (χ4v) is 3.47. The van der Waals surface area contributed by atoms with E-state index in [4.69, 9.17) is 18.9 Å². The van der Waals surface area contributed by atoms with Gasteiger partial charge in [0.2, 0.25) is 5.79 Å². The van der Waals surface area contributed by atoms with Crippen molar-refractivity contribution in [1.29, 1.82) is 0 Å². The normalized spacial score (nSPS) is 12.8. The fourth-order valence-electron chi connectivity index (χ4n) is 3.47. The first-order chi connectivity index (χ1) is 13.7. The van der Waals surface area contributed by atoms with Crippen LogP contribution in [0.25, 0.3) is 0 Å². The quantitative estimate of drug-likeness (QED) is 0.182. The molecular weight excluding hydrogens is 352 g/mol. The molecule has 0 N–H and O–H groups in total. The lowest BCUT2D eigenvalue weighted by Gasteiger charge is -2.39. The van der Waals surface area contributed by atoms with Gasteiger partial charge >= 0.3 is 0 Å². The molecule has 0 saturated heterocycles. The van der Waals surface area contributed by atoms with Crippen molar-refractivity contribution < 1.29 is 18.9 Å². The minimum absolute atomic E-state index is 0.0507. The van der Waals surface area contributed by atoms with Crippen molar-refractivity contribution in [3.63, 3.8) is 0 Å². The molecule has 0 aliphatic rings. The Morgan fingerprint density at radius 3 is 1.96 bits per heavy atom. The van der Waals surface area contributed by atoms with E-state index in [0.29, 0.717) is 26.4 Å². The molecule has 0 aliphatic heterocycles. The fraction of sp³-hybridized carbons (Fsp3) is 0.667. The van der Waals surface area contributed by atoms with Gasteiger partial charge in [0.25, 0.3) is 0 Å². The predicted molar refractivity (Wildman–Crippen MR) is 115 cm³/mol. The maximum atomic E-state index is 6.38. The van der Waals surface area contributed by atoms with E-state index in [1.54, 1.807) is 14.2 Å². The summed E-state index contributed by atoms with van der Waals surface area (Å²) in [5.41, 5.74) is 1.01. The third-order valence-electron chi connectivity index (χ3n) is 5.03. The second-order valence-corrected chi connectivity index (χ2v) is 7.11. The van der Waals surface area contributed by atoms with Crippen LogP contribution in [0.2, 0.25) is 0 Å². The predicted octanol–water partition coefficient (Wildman–Crippen LogP) is 5.72. The van der Waals surface area contributed by atoms with Gasteiger partial charge in [-0.05, 0) is 6.42 Å². The summed E-state index contributed by atoms with van der Waals surface area (Å²) in [4.78, 5) is 0. The van der Waals surface area contributed by atoms with Crippen LogP contribution >= 0.6 is 0 Å². The van der Waals surface area contributed by atoms with E-state index >= 15 is 0 Å². The monoisotopic (exact) mass is 392 g/mol. The van der Waals surface area contributed by atoms with Crippen LogP contribution in [0.3, 0.4) is 0 Å². The van der Waals surface area contributed by atoms with Gasteiger partial charge in [0.05, 0.1) is 26.4 Å². The Balaban J connectivity index is 2.96. The highest BCUT2D eigenvalue weighted by Crippen LogP contribution is 2.39. The van der Waals surface area contributed by atoms with Gasteiger partial charge in [0, 0.05) is 25.7 Å². The molecule has 1 aromatic rings. The van der Waals surface area contributed by atoms with Gasteiger partial charge < -0.3 is 18.9 Å². The van der Waals surface area contributed by atoms with Crippen LogP contribution < -0.4 is 0 Å². The number of unbranched alkanes of at least 4 members (excludes halogenated alkanes) is 5. The topological polar surface area (TPSA) is 36.9 Å². The molecule has 1 aromatic carbocycles. The highest BCUT2D eigenvalue weighted by Gasteiger charge is 2.41. The second kappa shape index (κ2) is 15.7. The van der Waals surface area contributed by atoms with E-state index in [2.05, 4.69) is 25.6 Å². The summed E-state index contributed by atoms with van der Waals surface area (Å²) >= 11 is 0. The third kappa shape index (κ3) is 8.44. The number of benzene rings is 1. The van der Waals surface area contributed by atoms with Crippen LogP contribution in [0.4, 0.5) is 0 Å². The Bertz CT molecular complexity index is 479. The summed E-state index contributed by atoms with van der Waals surface area (Å²) in [7, 11) is 3.36. The molecule has 0 bridgehead atoms. The van der Waals surface area contributed by atoms with Crippen molar-refractivity contribution in [2.24, 2.45) is 5.92 Å². The molecule has 4 nitrogen and oxygen atoms in total. The van der Waals surface area contributed by atoms with Crippen molar-refractivity contribution in [2.45, 2.75) is 57.7 Å². The molecule has 28 heavy (non-hydrogen) atoms. The van der Waals surface area contributed by atoms with E-state index in [1.165, 1.54) is 32.1 Å². The zero-order chi connectivity index (χ0) is 20.5. The Kier molecular flexibility index (Phi) is 13.9. The number of hydrogen-bond acceptors (Lipinski definition) is 4. The molecule has 0 amide bonds. The molecule has 160 valence electrons. The molecule has 0 saturated carbocycles. The van der Waals surface area contributed by atoms with Gasteiger partial charge in [-0.2, -0.15) is 0 Å². The van der Waals surface area contributed by atoms with Gasteiger partial charge in [-0.25, -0.2) is 0 Å². The third-order valence-corrected chi connectivity index (χ3v) is 5.03. The minimum atomic E-state index is -0.872.